The Morgan fingerprint density at radius 3 is 2.33 bits per heavy atom. The third-order valence-electron chi connectivity index (χ3n) is 1.96. The Morgan fingerprint density at radius 1 is 1.58 bits per heavy atom. The van der Waals surface area contributed by atoms with Gasteiger partial charge in [0.2, 0.25) is 5.91 Å². The summed E-state index contributed by atoms with van der Waals surface area (Å²) in [5, 5.41) is 10.9. The number of hydrogen-bond donors (Lipinski definition) is 2. The Balaban J connectivity index is 2.46. The molecule has 0 aliphatic heterocycles. The monoisotopic (exact) mass is 179 g/mol. The normalized spacial score (nSPS) is 22.1. The van der Waals surface area contributed by atoms with Gasteiger partial charge in [0.1, 0.15) is 11.6 Å². The molecule has 0 unspecified atom stereocenters. The van der Waals surface area contributed by atoms with E-state index in [1.165, 1.54) is 6.92 Å². The standard InChI is InChI=1S/C7H11F2NO2/c1-4(11)5(12)10-7(2-3-7)6(8)9/h4,6,11H,2-3H2,1H3,(H,10,12)/t4-/m1/s1. The topological polar surface area (TPSA) is 49.3 Å². The van der Waals surface area contributed by atoms with E-state index in [9.17, 15) is 13.6 Å². The molecule has 1 atom stereocenters. The predicted molar refractivity (Wildman–Crippen MR) is 37.8 cm³/mol. The van der Waals surface area contributed by atoms with E-state index in [2.05, 4.69) is 5.32 Å². The first kappa shape index (κ1) is 9.38. The van der Waals surface area contributed by atoms with E-state index in [1.54, 1.807) is 0 Å². The Morgan fingerprint density at radius 2 is 2.08 bits per heavy atom. The summed E-state index contributed by atoms with van der Waals surface area (Å²) in [7, 11) is 0. The van der Waals surface area contributed by atoms with Crippen LogP contribution in [0.25, 0.3) is 0 Å². The molecular weight excluding hydrogens is 168 g/mol. The average molecular weight is 179 g/mol. The van der Waals surface area contributed by atoms with E-state index >= 15 is 0 Å². The molecule has 0 aromatic heterocycles. The van der Waals surface area contributed by atoms with Crippen LogP contribution in [-0.4, -0.2) is 29.1 Å². The number of alkyl halides is 2. The number of carbonyl (C=O) groups excluding carboxylic acids is 1. The molecule has 0 spiro atoms. The zero-order chi connectivity index (χ0) is 9.35. The maximum atomic E-state index is 12.2. The molecule has 1 rings (SSSR count). The van der Waals surface area contributed by atoms with Crippen LogP contribution in [0.15, 0.2) is 0 Å². The van der Waals surface area contributed by atoms with Crippen molar-refractivity contribution < 1.29 is 18.7 Å². The van der Waals surface area contributed by atoms with E-state index in [0.29, 0.717) is 12.8 Å². The van der Waals surface area contributed by atoms with Crippen molar-refractivity contribution in [1.29, 1.82) is 0 Å². The lowest BCUT2D eigenvalue weighted by atomic mass is 10.2. The van der Waals surface area contributed by atoms with Crippen LogP contribution in [0.1, 0.15) is 19.8 Å². The number of aliphatic hydroxyl groups excluding tert-OH is 1. The van der Waals surface area contributed by atoms with Gasteiger partial charge in [0.05, 0.1) is 0 Å². The quantitative estimate of drug-likeness (QED) is 0.653. The maximum absolute atomic E-state index is 12.2. The SMILES string of the molecule is C[C@@H](O)C(=O)NC1(C(F)F)CC1. The van der Waals surface area contributed by atoms with Crippen molar-refractivity contribution in [2.24, 2.45) is 0 Å². The van der Waals surface area contributed by atoms with Gasteiger partial charge in [-0.3, -0.25) is 4.79 Å². The first-order chi connectivity index (χ1) is 5.48. The molecule has 5 heteroatoms. The third-order valence-corrected chi connectivity index (χ3v) is 1.96. The lowest BCUT2D eigenvalue weighted by Crippen LogP contribution is -2.46. The van der Waals surface area contributed by atoms with E-state index in [0.717, 1.165) is 0 Å². The fourth-order valence-corrected chi connectivity index (χ4v) is 0.882. The fraction of sp³-hybridized carbons (Fsp3) is 0.857. The van der Waals surface area contributed by atoms with Gasteiger partial charge < -0.3 is 10.4 Å². The van der Waals surface area contributed by atoms with Crippen LogP contribution >= 0.6 is 0 Å². The van der Waals surface area contributed by atoms with E-state index in [1.807, 2.05) is 0 Å². The molecule has 1 saturated carbocycles. The number of amides is 1. The highest BCUT2D eigenvalue weighted by molar-refractivity contribution is 5.81. The van der Waals surface area contributed by atoms with Crippen molar-refractivity contribution >= 4 is 5.91 Å². The molecule has 0 aromatic rings. The summed E-state index contributed by atoms with van der Waals surface area (Å²) in [4.78, 5) is 10.8. The van der Waals surface area contributed by atoms with Gasteiger partial charge in [0, 0.05) is 0 Å². The third kappa shape index (κ3) is 1.72. The second-order valence-corrected chi connectivity index (χ2v) is 3.12. The van der Waals surface area contributed by atoms with Crippen molar-refractivity contribution in [2.75, 3.05) is 0 Å². The van der Waals surface area contributed by atoms with Gasteiger partial charge in [-0.05, 0) is 19.8 Å². The van der Waals surface area contributed by atoms with Crippen molar-refractivity contribution in [3.8, 4) is 0 Å². The van der Waals surface area contributed by atoms with Crippen LogP contribution in [0.2, 0.25) is 0 Å². The average Bonchev–Trinajstić information content (AvgIpc) is 2.68. The van der Waals surface area contributed by atoms with Crippen LogP contribution in [0.4, 0.5) is 8.78 Å². The molecule has 0 heterocycles. The number of aliphatic hydroxyl groups is 1. The summed E-state index contributed by atoms with van der Waals surface area (Å²) < 4.78 is 24.4. The molecule has 1 aliphatic rings. The molecule has 0 aromatic carbocycles. The van der Waals surface area contributed by atoms with Crippen LogP contribution in [0.5, 0.6) is 0 Å². The number of halogens is 2. The molecule has 1 aliphatic carbocycles. The van der Waals surface area contributed by atoms with Gasteiger partial charge in [-0.1, -0.05) is 0 Å². The van der Waals surface area contributed by atoms with Crippen LogP contribution < -0.4 is 5.32 Å². The molecule has 1 amide bonds. The molecule has 0 bridgehead atoms. The van der Waals surface area contributed by atoms with E-state index in [-0.39, 0.29) is 0 Å². The molecule has 12 heavy (non-hydrogen) atoms. The number of carbonyl (C=O) groups is 1. The lowest BCUT2D eigenvalue weighted by Gasteiger charge is -2.16. The van der Waals surface area contributed by atoms with Gasteiger partial charge >= 0.3 is 0 Å². The summed E-state index contributed by atoms with van der Waals surface area (Å²) in [6.07, 6.45) is -3.17. The van der Waals surface area contributed by atoms with Crippen molar-refractivity contribution in [3.05, 3.63) is 0 Å². The first-order valence-electron chi connectivity index (χ1n) is 3.76. The minimum absolute atomic E-state index is 0.295. The number of rotatable bonds is 3. The van der Waals surface area contributed by atoms with E-state index in [4.69, 9.17) is 5.11 Å². The highest BCUT2D eigenvalue weighted by Gasteiger charge is 2.52. The van der Waals surface area contributed by atoms with Gasteiger partial charge in [-0.25, -0.2) is 8.78 Å². The lowest BCUT2D eigenvalue weighted by molar-refractivity contribution is -0.130. The van der Waals surface area contributed by atoms with E-state index < -0.39 is 24.0 Å². The molecule has 3 nitrogen and oxygen atoms in total. The summed E-state index contributed by atoms with van der Waals surface area (Å²) in [5.41, 5.74) is -1.34. The summed E-state index contributed by atoms with van der Waals surface area (Å²) in [6, 6.07) is 0. The highest BCUT2D eigenvalue weighted by Crippen LogP contribution is 2.40. The Bertz CT molecular complexity index is 190. The first-order valence-corrected chi connectivity index (χ1v) is 3.76. The molecule has 0 saturated heterocycles. The molecular formula is C7H11F2NO2. The molecule has 0 radical (unpaired) electrons. The molecule has 1 fully saturated rings. The molecule has 70 valence electrons. The second-order valence-electron chi connectivity index (χ2n) is 3.12. The van der Waals surface area contributed by atoms with Gasteiger partial charge in [-0.15, -0.1) is 0 Å². The zero-order valence-corrected chi connectivity index (χ0v) is 6.68. The van der Waals surface area contributed by atoms with Crippen molar-refractivity contribution in [3.63, 3.8) is 0 Å². The smallest absolute Gasteiger partial charge is 0.261 e. The fourth-order valence-electron chi connectivity index (χ4n) is 0.882. The van der Waals surface area contributed by atoms with Crippen molar-refractivity contribution in [2.45, 2.75) is 37.8 Å². The highest BCUT2D eigenvalue weighted by atomic mass is 19.3. The molecule has 2 N–H and O–H groups in total. The van der Waals surface area contributed by atoms with Crippen molar-refractivity contribution in [1.82, 2.24) is 5.32 Å². The van der Waals surface area contributed by atoms with Crippen LogP contribution in [-0.2, 0) is 4.79 Å². The second kappa shape index (κ2) is 2.97. The maximum Gasteiger partial charge on any atom is 0.261 e. The minimum atomic E-state index is -2.54. The summed E-state index contributed by atoms with van der Waals surface area (Å²) in [6.45, 7) is 1.25. The summed E-state index contributed by atoms with van der Waals surface area (Å²) in [5.74, 6) is -0.729. The number of hydrogen-bond acceptors (Lipinski definition) is 2. The largest absolute Gasteiger partial charge is 0.384 e. The Labute approximate surface area is 68.8 Å². The van der Waals surface area contributed by atoms with Gasteiger partial charge in [0.15, 0.2) is 0 Å². The minimum Gasteiger partial charge on any atom is -0.384 e. The number of nitrogens with one attached hydrogen (secondary N) is 1. The zero-order valence-electron chi connectivity index (χ0n) is 6.68. The van der Waals surface area contributed by atoms with Gasteiger partial charge in [-0.2, -0.15) is 0 Å². The van der Waals surface area contributed by atoms with Crippen LogP contribution in [0, 0.1) is 0 Å². The summed E-state index contributed by atoms with van der Waals surface area (Å²) >= 11 is 0. The predicted octanol–water partition coefficient (Wildman–Crippen LogP) is 0.281. The Hall–Kier alpha value is -0.710. The van der Waals surface area contributed by atoms with Crippen LogP contribution in [0.3, 0.4) is 0 Å². The van der Waals surface area contributed by atoms with Gasteiger partial charge in [0.25, 0.3) is 6.43 Å². The Kier molecular flexibility index (Phi) is 2.32.